The van der Waals surface area contributed by atoms with Crippen molar-refractivity contribution in [2.45, 2.75) is 33.4 Å². The molecule has 0 unspecified atom stereocenters. The van der Waals surface area contributed by atoms with Crippen molar-refractivity contribution < 1.29 is 43.2 Å². The first kappa shape index (κ1) is 32.1. The number of nitrogens with one attached hydrogen (secondary N) is 1. The zero-order chi connectivity index (χ0) is 31.8. The number of amides is 4. The number of barbiturate groups is 1. The predicted molar refractivity (Wildman–Crippen MR) is 164 cm³/mol. The minimum Gasteiger partial charge on any atom is -0.493 e. The summed E-state index contributed by atoms with van der Waals surface area (Å²) in [6.07, 6.45) is 2.19. The number of urea groups is 1. The van der Waals surface area contributed by atoms with Crippen LogP contribution in [0.1, 0.15) is 47.3 Å². The van der Waals surface area contributed by atoms with E-state index in [4.69, 9.17) is 24.1 Å². The van der Waals surface area contributed by atoms with Crippen molar-refractivity contribution in [2.75, 3.05) is 20.3 Å². The van der Waals surface area contributed by atoms with E-state index in [2.05, 4.69) is 21.2 Å². The quantitative estimate of drug-likeness (QED) is 0.177. The summed E-state index contributed by atoms with van der Waals surface area (Å²) >= 11 is 3.48. The third-order valence-corrected chi connectivity index (χ3v) is 7.03. The van der Waals surface area contributed by atoms with Gasteiger partial charge in [-0.15, -0.1) is 0 Å². The smallest absolute Gasteiger partial charge is 0.335 e. The molecule has 44 heavy (non-hydrogen) atoms. The summed E-state index contributed by atoms with van der Waals surface area (Å²) in [5.41, 5.74) is 1.72. The Morgan fingerprint density at radius 1 is 0.932 bits per heavy atom. The first-order chi connectivity index (χ1) is 21.1. The molecule has 2 N–H and O–H groups in total. The molecule has 0 radical (unpaired) electrons. The number of carboxylic acids is 1. The van der Waals surface area contributed by atoms with Crippen LogP contribution in [0, 0.1) is 0 Å². The minimum atomic E-state index is -1.02. The topological polar surface area (TPSA) is 141 Å². The Bertz CT molecular complexity index is 1600. The van der Waals surface area contributed by atoms with E-state index >= 15 is 0 Å². The fraction of sp³-hybridized carbons (Fsp3) is 0.250. The van der Waals surface area contributed by atoms with Crippen LogP contribution in [0.15, 0.2) is 64.6 Å². The number of rotatable bonds is 13. The molecule has 0 saturated carbocycles. The molecule has 230 valence electrons. The Morgan fingerprint density at radius 2 is 1.66 bits per heavy atom. The van der Waals surface area contributed by atoms with Crippen LogP contribution >= 0.6 is 15.9 Å². The van der Waals surface area contributed by atoms with E-state index in [1.165, 1.54) is 25.3 Å². The van der Waals surface area contributed by atoms with Gasteiger partial charge in [0.25, 0.3) is 11.8 Å². The molecule has 4 rings (SSSR count). The van der Waals surface area contributed by atoms with Gasteiger partial charge in [-0.1, -0.05) is 25.1 Å². The normalized spacial score (nSPS) is 14.0. The molecule has 12 heteroatoms. The number of aromatic carboxylic acids is 1. The van der Waals surface area contributed by atoms with Crippen LogP contribution in [0.5, 0.6) is 23.0 Å². The number of imide groups is 2. The van der Waals surface area contributed by atoms with Crippen molar-refractivity contribution in [2.24, 2.45) is 0 Å². The predicted octanol–water partition coefficient (Wildman–Crippen LogP) is 5.58. The number of carbonyl (C=O) groups excluding carboxylic acids is 3. The summed E-state index contributed by atoms with van der Waals surface area (Å²) in [6.45, 7) is 4.63. The van der Waals surface area contributed by atoms with E-state index in [1.807, 2.05) is 6.92 Å². The number of carbonyl (C=O) groups is 4. The summed E-state index contributed by atoms with van der Waals surface area (Å²) in [5, 5.41) is 11.3. The number of carboxylic acid groups (broad SMARTS) is 1. The molecule has 3 aromatic carbocycles. The fourth-order valence-electron chi connectivity index (χ4n) is 4.30. The van der Waals surface area contributed by atoms with Crippen LogP contribution in [0.2, 0.25) is 0 Å². The molecule has 0 aliphatic carbocycles. The van der Waals surface area contributed by atoms with Gasteiger partial charge < -0.3 is 24.1 Å². The highest BCUT2D eigenvalue weighted by Gasteiger charge is 2.36. The molecule has 1 saturated heterocycles. The lowest BCUT2D eigenvalue weighted by Crippen LogP contribution is -2.53. The molecule has 1 aliphatic rings. The third-order valence-electron chi connectivity index (χ3n) is 6.44. The average Bonchev–Trinajstić information content (AvgIpc) is 3.00. The second-order valence-corrected chi connectivity index (χ2v) is 10.5. The largest absolute Gasteiger partial charge is 0.493 e. The number of ether oxygens (including phenoxy) is 4. The summed E-state index contributed by atoms with van der Waals surface area (Å²) in [5.74, 6) is -0.867. The van der Waals surface area contributed by atoms with Gasteiger partial charge in [-0.25, -0.2) is 9.59 Å². The molecule has 0 aromatic heterocycles. The number of halogens is 1. The maximum Gasteiger partial charge on any atom is 0.335 e. The van der Waals surface area contributed by atoms with Crippen molar-refractivity contribution in [3.05, 3.63) is 86.9 Å². The van der Waals surface area contributed by atoms with Crippen molar-refractivity contribution in [1.29, 1.82) is 0 Å². The average molecular weight is 668 g/mol. The lowest BCUT2D eigenvalue weighted by atomic mass is 10.1. The lowest BCUT2D eigenvalue weighted by Gasteiger charge is -2.26. The first-order valence-electron chi connectivity index (χ1n) is 13.7. The highest BCUT2D eigenvalue weighted by atomic mass is 79.9. The van der Waals surface area contributed by atoms with E-state index in [-0.39, 0.29) is 24.3 Å². The van der Waals surface area contributed by atoms with Crippen LogP contribution in [0.25, 0.3) is 6.08 Å². The molecule has 4 amide bonds. The number of benzene rings is 3. The van der Waals surface area contributed by atoms with E-state index in [1.54, 1.807) is 49.4 Å². The van der Waals surface area contributed by atoms with Crippen LogP contribution in [-0.2, 0) is 22.7 Å². The van der Waals surface area contributed by atoms with E-state index < -0.39 is 23.8 Å². The molecule has 3 aromatic rings. The summed E-state index contributed by atoms with van der Waals surface area (Å²) < 4.78 is 23.3. The van der Waals surface area contributed by atoms with Gasteiger partial charge in [-0.2, -0.15) is 0 Å². The number of methoxy groups -OCH3 is 1. The second kappa shape index (κ2) is 14.6. The van der Waals surface area contributed by atoms with Gasteiger partial charge in [-0.05, 0) is 88.4 Å². The van der Waals surface area contributed by atoms with Gasteiger partial charge >= 0.3 is 12.0 Å². The summed E-state index contributed by atoms with van der Waals surface area (Å²) in [7, 11) is 1.50. The molecule has 0 spiro atoms. The van der Waals surface area contributed by atoms with Gasteiger partial charge in [0.1, 0.15) is 12.2 Å². The van der Waals surface area contributed by atoms with Crippen LogP contribution in [0.4, 0.5) is 4.79 Å². The molecular weight excluding hydrogens is 636 g/mol. The SMILES string of the molecule is CCCOc1ccc(CN2C(=O)NC(=O)/C(=C\c3cc(Br)c(OCc4ccc(C(=O)O)cc4)c(OCC)c3)C2=O)cc1OC. The summed E-state index contributed by atoms with van der Waals surface area (Å²) in [6, 6.07) is 13.8. The molecule has 1 fully saturated rings. The van der Waals surface area contributed by atoms with E-state index in [0.717, 1.165) is 16.9 Å². The van der Waals surface area contributed by atoms with Crippen LogP contribution in [-0.4, -0.2) is 54.1 Å². The highest BCUT2D eigenvalue weighted by Crippen LogP contribution is 2.38. The second-order valence-electron chi connectivity index (χ2n) is 9.60. The van der Waals surface area contributed by atoms with E-state index in [9.17, 15) is 19.2 Å². The van der Waals surface area contributed by atoms with Gasteiger partial charge in [-0.3, -0.25) is 19.8 Å². The maximum atomic E-state index is 13.4. The van der Waals surface area contributed by atoms with Crippen molar-refractivity contribution in [3.8, 4) is 23.0 Å². The van der Waals surface area contributed by atoms with Gasteiger partial charge in [0, 0.05) is 0 Å². The highest BCUT2D eigenvalue weighted by molar-refractivity contribution is 9.10. The van der Waals surface area contributed by atoms with Crippen molar-refractivity contribution in [1.82, 2.24) is 10.2 Å². The van der Waals surface area contributed by atoms with Gasteiger partial charge in [0.15, 0.2) is 23.0 Å². The zero-order valence-electron chi connectivity index (χ0n) is 24.3. The zero-order valence-corrected chi connectivity index (χ0v) is 25.9. The standard InChI is InChI=1S/C32H31BrN2O9/c1-4-12-43-25-11-8-20(15-26(25)41-3)17-35-30(37)23(29(36)34-32(35)40)13-21-14-24(33)28(27(16-21)42-5-2)44-18-19-6-9-22(10-7-19)31(38)39/h6-11,13-16H,4-5,12,17-18H2,1-3H3,(H,38,39)(H,34,36,40)/b23-13+. The number of nitrogens with zero attached hydrogens (tertiary/aromatic N) is 1. The van der Waals surface area contributed by atoms with Crippen LogP contribution < -0.4 is 24.3 Å². The summed E-state index contributed by atoms with van der Waals surface area (Å²) in [4.78, 5) is 50.9. The monoisotopic (exact) mass is 666 g/mol. The Labute approximate surface area is 262 Å². The number of hydrogen-bond acceptors (Lipinski definition) is 8. The van der Waals surface area contributed by atoms with Crippen molar-refractivity contribution >= 4 is 45.8 Å². The Hall–Kier alpha value is -4.84. The lowest BCUT2D eigenvalue weighted by molar-refractivity contribution is -0.130. The Balaban J connectivity index is 1.57. The minimum absolute atomic E-state index is 0.103. The third kappa shape index (κ3) is 7.56. The molecule has 11 nitrogen and oxygen atoms in total. The Morgan fingerprint density at radius 3 is 2.32 bits per heavy atom. The molecule has 1 aliphatic heterocycles. The maximum absolute atomic E-state index is 13.4. The van der Waals surface area contributed by atoms with Gasteiger partial charge in [0.05, 0.1) is 36.9 Å². The Kier molecular flexibility index (Phi) is 10.6. The van der Waals surface area contributed by atoms with Crippen molar-refractivity contribution in [3.63, 3.8) is 0 Å². The first-order valence-corrected chi connectivity index (χ1v) is 14.5. The van der Waals surface area contributed by atoms with Gasteiger partial charge in [0.2, 0.25) is 0 Å². The van der Waals surface area contributed by atoms with E-state index in [0.29, 0.717) is 51.8 Å². The molecule has 0 bridgehead atoms. The molecular formula is C32H31BrN2O9. The molecule has 1 heterocycles. The fourth-order valence-corrected chi connectivity index (χ4v) is 4.88. The van der Waals surface area contributed by atoms with Crippen LogP contribution in [0.3, 0.4) is 0 Å². The number of hydrogen-bond donors (Lipinski definition) is 2. The molecule has 0 atom stereocenters.